The maximum Gasteiger partial charge on any atom is 0.322 e. The third-order valence-electron chi connectivity index (χ3n) is 8.30. The van der Waals surface area contributed by atoms with Crippen LogP contribution in [0.4, 0.5) is 10.1 Å². The number of nitrogens with two attached hydrogens (primary N) is 1. The molecule has 0 radical (unpaired) electrons. The largest absolute Gasteiger partial charge is 0.493 e. The summed E-state index contributed by atoms with van der Waals surface area (Å²) in [6.45, 7) is 3.64. The minimum absolute atomic E-state index is 0.0553. The highest BCUT2D eigenvalue weighted by Gasteiger charge is 2.30. The zero-order valence-electron chi connectivity index (χ0n) is 27.8. The van der Waals surface area contributed by atoms with Crippen molar-refractivity contribution < 1.29 is 37.7 Å². The number of para-hydroxylation sites is 1. The molecule has 3 atom stereocenters. The monoisotopic (exact) mass is 685 g/mol. The Morgan fingerprint density at radius 1 is 1.08 bits per heavy atom. The van der Waals surface area contributed by atoms with E-state index in [2.05, 4.69) is 10.3 Å². The van der Waals surface area contributed by atoms with Gasteiger partial charge in [-0.3, -0.25) is 24.0 Å². The van der Waals surface area contributed by atoms with E-state index >= 15 is 4.39 Å². The highest BCUT2D eigenvalue weighted by atomic mass is 19.1. The number of esters is 1. The predicted octanol–water partition coefficient (Wildman–Crippen LogP) is 4.65. The van der Waals surface area contributed by atoms with Crippen molar-refractivity contribution in [1.82, 2.24) is 14.3 Å². The van der Waals surface area contributed by atoms with E-state index in [1.54, 1.807) is 68.0 Å². The Kier molecular flexibility index (Phi) is 9.83. The SMILES string of the molecule is COc1cc2c(Oc3ccc(NC(=O)c4c(C)n(C)n(-c5ccccc5)c4=O)cc3F)ccnc2cc1OCC1C[C@H](OC(=O)C(C)N)CO1. The van der Waals surface area contributed by atoms with Gasteiger partial charge in [-0.15, -0.1) is 0 Å². The summed E-state index contributed by atoms with van der Waals surface area (Å²) in [7, 11) is 3.17. The Hall–Kier alpha value is -5.73. The normalized spacial score (nSPS) is 16.2. The van der Waals surface area contributed by atoms with Crippen LogP contribution in [0, 0.1) is 12.7 Å². The molecule has 3 heterocycles. The van der Waals surface area contributed by atoms with Crippen LogP contribution in [-0.2, 0) is 21.3 Å². The van der Waals surface area contributed by atoms with Crippen molar-refractivity contribution in [1.29, 1.82) is 0 Å². The highest BCUT2D eigenvalue weighted by molar-refractivity contribution is 6.05. The van der Waals surface area contributed by atoms with Crippen LogP contribution < -0.4 is 30.8 Å². The third kappa shape index (κ3) is 7.02. The number of carbonyl (C=O) groups is 2. The number of carbonyl (C=O) groups excluding carboxylic acids is 2. The van der Waals surface area contributed by atoms with Crippen LogP contribution in [0.25, 0.3) is 16.6 Å². The molecule has 13 nitrogen and oxygen atoms in total. The summed E-state index contributed by atoms with van der Waals surface area (Å²) < 4.78 is 47.0. The number of nitrogens with one attached hydrogen (secondary N) is 1. The summed E-state index contributed by atoms with van der Waals surface area (Å²) in [4.78, 5) is 42.7. The molecule has 0 spiro atoms. The molecule has 2 aromatic heterocycles. The number of ether oxygens (including phenoxy) is 5. The fourth-order valence-electron chi connectivity index (χ4n) is 5.62. The molecule has 260 valence electrons. The van der Waals surface area contributed by atoms with Gasteiger partial charge >= 0.3 is 5.97 Å². The van der Waals surface area contributed by atoms with E-state index in [9.17, 15) is 14.4 Å². The lowest BCUT2D eigenvalue weighted by molar-refractivity contribution is -0.150. The number of anilines is 1. The molecule has 50 heavy (non-hydrogen) atoms. The smallest absolute Gasteiger partial charge is 0.322 e. The fraction of sp³-hybridized carbons (Fsp3) is 0.278. The van der Waals surface area contributed by atoms with Crippen molar-refractivity contribution >= 4 is 28.5 Å². The molecule has 1 fully saturated rings. The first-order chi connectivity index (χ1) is 24.0. The number of aromatic nitrogens is 3. The number of amides is 1. The number of fused-ring (bicyclic) bond motifs is 1. The summed E-state index contributed by atoms with van der Waals surface area (Å²) in [5.74, 6) is -0.913. The number of rotatable bonds is 11. The first kappa shape index (κ1) is 34.1. The number of benzene rings is 3. The maximum absolute atomic E-state index is 15.4. The second-order valence-corrected chi connectivity index (χ2v) is 11.8. The molecule has 0 bridgehead atoms. The molecule has 0 aliphatic carbocycles. The van der Waals surface area contributed by atoms with E-state index in [-0.39, 0.29) is 36.3 Å². The Morgan fingerprint density at radius 3 is 2.58 bits per heavy atom. The van der Waals surface area contributed by atoms with Crippen LogP contribution in [-0.4, -0.2) is 64.8 Å². The maximum atomic E-state index is 15.4. The van der Waals surface area contributed by atoms with Crippen molar-refractivity contribution in [2.24, 2.45) is 12.8 Å². The van der Waals surface area contributed by atoms with E-state index in [4.69, 9.17) is 29.4 Å². The second-order valence-electron chi connectivity index (χ2n) is 11.8. The molecule has 1 aliphatic heterocycles. The van der Waals surface area contributed by atoms with Gasteiger partial charge in [0.25, 0.3) is 11.5 Å². The van der Waals surface area contributed by atoms with E-state index in [0.717, 1.165) is 6.07 Å². The Labute approximate surface area is 286 Å². The van der Waals surface area contributed by atoms with Gasteiger partial charge in [0.05, 0.1) is 36.7 Å². The zero-order valence-corrected chi connectivity index (χ0v) is 27.8. The molecular formula is C36H36FN5O8. The van der Waals surface area contributed by atoms with Gasteiger partial charge in [0, 0.05) is 42.9 Å². The predicted molar refractivity (Wildman–Crippen MR) is 182 cm³/mol. The number of pyridine rings is 1. The van der Waals surface area contributed by atoms with Crippen LogP contribution in [0.5, 0.6) is 23.0 Å². The van der Waals surface area contributed by atoms with Gasteiger partial charge < -0.3 is 34.7 Å². The summed E-state index contributed by atoms with van der Waals surface area (Å²) in [5, 5.41) is 3.15. The van der Waals surface area contributed by atoms with Gasteiger partial charge in [0.1, 0.15) is 30.1 Å². The van der Waals surface area contributed by atoms with Crippen LogP contribution in [0.2, 0.25) is 0 Å². The summed E-state index contributed by atoms with van der Waals surface area (Å²) >= 11 is 0. The lowest BCUT2D eigenvalue weighted by Gasteiger charge is -2.16. The fourth-order valence-corrected chi connectivity index (χ4v) is 5.62. The van der Waals surface area contributed by atoms with Crippen molar-refractivity contribution in [3.05, 3.63) is 100 Å². The first-order valence-corrected chi connectivity index (χ1v) is 15.8. The molecule has 14 heteroatoms. The molecule has 2 unspecified atom stereocenters. The lowest BCUT2D eigenvalue weighted by Crippen LogP contribution is -2.32. The van der Waals surface area contributed by atoms with Gasteiger partial charge in [-0.2, -0.15) is 0 Å². The number of methoxy groups -OCH3 is 1. The molecule has 3 N–H and O–H groups in total. The molecule has 3 aromatic carbocycles. The van der Waals surface area contributed by atoms with Crippen LogP contribution in [0.15, 0.2) is 77.7 Å². The highest BCUT2D eigenvalue weighted by Crippen LogP contribution is 2.38. The van der Waals surface area contributed by atoms with Crippen LogP contribution in [0.3, 0.4) is 0 Å². The molecule has 5 aromatic rings. The van der Waals surface area contributed by atoms with E-state index in [1.165, 1.54) is 30.1 Å². The molecule has 1 amide bonds. The average molecular weight is 686 g/mol. The molecular weight excluding hydrogens is 649 g/mol. The quantitative estimate of drug-likeness (QED) is 0.188. The van der Waals surface area contributed by atoms with Crippen LogP contribution >= 0.6 is 0 Å². The van der Waals surface area contributed by atoms with E-state index in [0.29, 0.717) is 46.0 Å². The van der Waals surface area contributed by atoms with E-state index < -0.39 is 35.4 Å². The molecule has 1 saturated heterocycles. The van der Waals surface area contributed by atoms with Gasteiger partial charge in [-0.25, -0.2) is 9.07 Å². The van der Waals surface area contributed by atoms with Crippen molar-refractivity contribution in [2.45, 2.75) is 38.5 Å². The Balaban J connectivity index is 1.15. The third-order valence-corrected chi connectivity index (χ3v) is 8.30. The van der Waals surface area contributed by atoms with Crippen molar-refractivity contribution in [3.8, 4) is 28.7 Å². The number of hydrogen-bond acceptors (Lipinski definition) is 10. The average Bonchev–Trinajstić information content (AvgIpc) is 3.64. The Bertz CT molecular complexity index is 2110. The van der Waals surface area contributed by atoms with Gasteiger partial charge in [-0.05, 0) is 50.2 Å². The van der Waals surface area contributed by atoms with Gasteiger partial charge in [-0.1, -0.05) is 18.2 Å². The number of hydrogen-bond donors (Lipinski definition) is 2. The second kappa shape index (κ2) is 14.4. The van der Waals surface area contributed by atoms with Crippen molar-refractivity contribution in [2.75, 3.05) is 25.6 Å². The number of nitrogens with zero attached hydrogens (tertiary/aromatic N) is 3. The summed E-state index contributed by atoms with van der Waals surface area (Å²) in [5.41, 5.74) is 6.72. The minimum Gasteiger partial charge on any atom is -0.493 e. The first-order valence-electron chi connectivity index (χ1n) is 15.8. The summed E-state index contributed by atoms with van der Waals surface area (Å²) in [6.07, 6.45) is 1.25. The molecule has 0 saturated carbocycles. The lowest BCUT2D eigenvalue weighted by atomic mass is 10.1. The van der Waals surface area contributed by atoms with Crippen molar-refractivity contribution in [3.63, 3.8) is 0 Å². The van der Waals surface area contributed by atoms with Gasteiger partial charge in [0.15, 0.2) is 23.1 Å². The molecule has 1 aliphatic rings. The zero-order chi connectivity index (χ0) is 35.5. The molecule has 6 rings (SSSR count). The van der Waals surface area contributed by atoms with Gasteiger partial charge in [0.2, 0.25) is 0 Å². The summed E-state index contributed by atoms with van der Waals surface area (Å²) in [6, 6.07) is 17.1. The number of halogens is 1. The standard InChI is InChI=1S/C36H36FN5O8/c1-20(38)36(45)49-25-15-24(47-19-25)18-48-32-17-28-26(16-31(32)46-4)29(12-13-39-28)50-30-11-10-22(14-27(30)37)40-34(43)33-21(2)41(3)42(35(33)44)23-8-6-5-7-9-23/h5-14,16-17,20,24-25H,15,18-19,38H2,1-4H3,(H,40,43)/t20?,24?,25-/m0/s1. The van der Waals surface area contributed by atoms with Crippen LogP contribution in [0.1, 0.15) is 29.4 Å². The van der Waals surface area contributed by atoms with E-state index in [1.807, 2.05) is 6.07 Å². The minimum atomic E-state index is -0.743. The Morgan fingerprint density at radius 2 is 1.86 bits per heavy atom. The topological polar surface area (TPSA) is 158 Å².